The van der Waals surface area contributed by atoms with Gasteiger partial charge in [-0.05, 0) is 29.3 Å². The minimum absolute atomic E-state index is 0.0505. The first-order chi connectivity index (χ1) is 14.1. The van der Waals surface area contributed by atoms with Crippen LogP contribution in [0.25, 0.3) is 11.1 Å². The van der Waals surface area contributed by atoms with Crippen LogP contribution in [0.15, 0.2) is 54.9 Å². The number of rotatable bonds is 5. The average Bonchev–Trinajstić information content (AvgIpc) is 2.75. The highest BCUT2D eigenvalue weighted by atomic mass is 16.4. The van der Waals surface area contributed by atoms with E-state index in [9.17, 15) is 9.90 Å². The van der Waals surface area contributed by atoms with Crippen LogP contribution >= 0.6 is 0 Å². The predicted octanol–water partition coefficient (Wildman–Crippen LogP) is 2.26. The number of benzene rings is 1. The molecule has 1 aliphatic rings. The number of carbonyl (C=O) groups is 1. The van der Waals surface area contributed by atoms with E-state index in [0.29, 0.717) is 5.82 Å². The zero-order valence-electron chi connectivity index (χ0n) is 15.8. The smallest absolute Gasteiger partial charge is 0.356 e. The van der Waals surface area contributed by atoms with Gasteiger partial charge in [0.05, 0.1) is 6.20 Å². The van der Waals surface area contributed by atoms with E-state index in [2.05, 4.69) is 31.0 Å². The first kappa shape index (κ1) is 18.8. The van der Waals surface area contributed by atoms with E-state index in [4.69, 9.17) is 5.11 Å². The minimum atomic E-state index is -1.07. The van der Waals surface area contributed by atoms with Crippen molar-refractivity contribution >= 4 is 11.8 Å². The van der Waals surface area contributed by atoms with Crippen LogP contribution in [0.4, 0.5) is 5.82 Å². The summed E-state index contributed by atoms with van der Waals surface area (Å²) in [5.41, 5.74) is 3.09. The number of nitrogens with zero attached hydrogens (tertiary/aromatic N) is 5. The lowest BCUT2D eigenvalue weighted by Gasteiger charge is -2.35. The maximum absolute atomic E-state index is 10.9. The molecule has 2 N–H and O–H groups in total. The highest BCUT2D eigenvalue weighted by molar-refractivity contribution is 5.85. The lowest BCUT2D eigenvalue weighted by molar-refractivity contribution is 0.0689. The van der Waals surface area contributed by atoms with Gasteiger partial charge < -0.3 is 15.1 Å². The Morgan fingerprint density at radius 1 is 1.00 bits per heavy atom. The topological polar surface area (TPSA) is 103 Å². The average molecular weight is 391 g/mol. The quantitative estimate of drug-likeness (QED) is 0.683. The maximum atomic E-state index is 10.9. The maximum Gasteiger partial charge on any atom is 0.356 e. The highest BCUT2D eigenvalue weighted by Crippen LogP contribution is 2.27. The van der Waals surface area contributed by atoms with E-state index in [-0.39, 0.29) is 11.4 Å². The Morgan fingerprint density at radius 3 is 2.48 bits per heavy atom. The number of hydrogen-bond acceptors (Lipinski definition) is 7. The molecule has 0 saturated carbocycles. The van der Waals surface area contributed by atoms with E-state index in [1.165, 1.54) is 17.8 Å². The summed E-state index contributed by atoms with van der Waals surface area (Å²) >= 11 is 0. The number of carboxylic acids is 1. The largest absolute Gasteiger partial charge is 0.506 e. The zero-order chi connectivity index (χ0) is 20.2. The normalized spacial score (nSPS) is 14.7. The number of hydrogen-bond donors (Lipinski definition) is 2. The summed E-state index contributed by atoms with van der Waals surface area (Å²) in [5.74, 6) is -0.226. The molecule has 29 heavy (non-hydrogen) atoms. The third-order valence-corrected chi connectivity index (χ3v) is 5.01. The number of anilines is 1. The summed E-state index contributed by atoms with van der Waals surface area (Å²) in [4.78, 5) is 19.5. The van der Waals surface area contributed by atoms with Gasteiger partial charge in [0.1, 0.15) is 5.75 Å². The molecule has 0 unspecified atom stereocenters. The predicted molar refractivity (Wildman–Crippen MR) is 108 cm³/mol. The van der Waals surface area contributed by atoms with E-state index >= 15 is 0 Å². The SMILES string of the molecule is O=C(O)c1ccc(N2CCN(Cc3ccccc3-c3cncc(O)c3)CC2)nn1. The first-order valence-corrected chi connectivity index (χ1v) is 9.37. The van der Waals surface area contributed by atoms with Gasteiger partial charge in [-0.2, -0.15) is 0 Å². The van der Waals surface area contributed by atoms with Gasteiger partial charge in [0.15, 0.2) is 11.5 Å². The first-order valence-electron chi connectivity index (χ1n) is 9.37. The Labute approximate surface area is 168 Å². The number of aromatic nitrogens is 3. The molecule has 0 aliphatic carbocycles. The van der Waals surface area contributed by atoms with Crippen LogP contribution in [0, 0.1) is 0 Å². The van der Waals surface area contributed by atoms with Crippen LogP contribution in [0.2, 0.25) is 0 Å². The molecule has 0 amide bonds. The molecule has 148 valence electrons. The summed E-state index contributed by atoms with van der Waals surface area (Å²) < 4.78 is 0. The second-order valence-electron chi connectivity index (χ2n) is 6.93. The van der Waals surface area contributed by atoms with Gasteiger partial charge in [0, 0.05) is 44.5 Å². The Bertz CT molecular complexity index is 1000. The van der Waals surface area contributed by atoms with Crippen molar-refractivity contribution in [2.24, 2.45) is 0 Å². The molecule has 1 fully saturated rings. The van der Waals surface area contributed by atoms with Crippen LogP contribution in [-0.4, -0.2) is 62.4 Å². The van der Waals surface area contributed by atoms with Crippen molar-refractivity contribution in [3.8, 4) is 16.9 Å². The molecule has 4 rings (SSSR count). The number of aromatic carboxylic acids is 1. The van der Waals surface area contributed by atoms with Crippen molar-refractivity contribution in [3.63, 3.8) is 0 Å². The van der Waals surface area contributed by atoms with Gasteiger partial charge in [-0.1, -0.05) is 24.3 Å². The highest BCUT2D eigenvalue weighted by Gasteiger charge is 2.20. The van der Waals surface area contributed by atoms with Gasteiger partial charge in [0.2, 0.25) is 0 Å². The fourth-order valence-corrected chi connectivity index (χ4v) is 3.50. The molecule has 3 aromatic rings. The zero-order valence-corrected chi connectivity index (χ0v) is 15.8. The van der Waals surface area contributed by atoms with Crippen molar-refractivity contribution in [2.75, 3.05) is 31.1 Å². The van der Waals surface area contributed by atoms with Crippen LogP contribution in [0.3, 0.4) is 0 Å². The fourth-order valence-electron chi connectivity index (χ4n) is 3.50. The summed E-state index contributed by atoms with van der Waals surface area (Å²) in [6, 6.07) is 13.1. The molecule has 3 heterocycles. The number of piperazine rings is 1. The van der Waals surface area contributed by atoms with Crippen LogP contribution < -0.4 is 4.90 Å². The molecular weight excluding hydrogens is 370 g/mol. The number of pyridine rings is 1. The number of carboxylic acid groups (broad SMARTS) is 1. The molecule has 0 radical (unpaired) electrons. The van der Waals surface area contributed by atoms with E-state index in [1.807, 2.05) is 18.2 Å². The lowest BCUT2D eigenvalue weighted by Crippen LogP contribution is -2.46. The van der Waals surface area contributed by atoms with Crippen LogP contribution in [0.1, 0.15) is 16.1 Å². The van der Waals surface area contributed by atoms with Gasteiger partial charge in [-0.15, -0.1) is 10.2 Å². The van der Waals surface area contributed by atoms with E-state index < -0.39 is 5.97 Å². The molecule has 8 nitrogen and oxygen atoms in total. The van der Waals surface area contributed by atoms with Crippen molar-refractivity contribution in [2.45, 2.75) is 6.54 Å². The van der Waals surface area contributed by atoms with Crippen LogP contribution in [0.5, 0.6) is 5.75 Å². The molecule has 8 heteroatoms. The monoisotopic (exact) mass is 391 g/mol. The van der Waals surface area contributed by atoms with Crippen molar-refractivity contribution < 1.29 is 15.0 Å². The molecular formula is C21H21N5O3. The summed E-state index contributed by atoms with van der Waals surface area (Å²) in [7, 11) is 0. The second kappa shape index (κ2) is 8.24. The lowest BCUT2D eigenvalue weighted by atomic mass is 10.0. The third kappa shape index (κ3) is 4.33. The van der Waals surface area contributed by atoms with Crippen LogP contribution in [-0.2, 0) is 6.54 Å². The summed E-state index contributed by atoms with van der Waals surface area (Å²) in [6.45, 7) is 4.08. The van der Waals surface area contributed by atoms with Crippen molar-refractivity contribution in [1.82, 2.24) is 20.1 Å². The van der Waals surface area contributed by atoms with E-state index in [0.717, 1.165) is 43.9 Å². The number of aromatic hydroxyl groups is 1. The minimum Gasteiger partial charge on any atom is -0.506 e. The summed E-state index contributed by atoms with van der Waals surface area (Å²) in [5, 5.41) is 26.5. The Kier molecular flexibility index (Phi) is 5.35. The van der Waals surface area contributed by atoms with Gasteiger partial charge in [-0.3, -0.25) is 9.88 Å². The molecule has 0 bridgehead atoms. The molecule has 1 aliphatic heterocycles. The van der Waals surface area contributed by atoms with Crippen molar-refractivity contribution in [1.29, 1.82) is 0 Å². The van der Waals surface area contributed by atoms with E-state index in [1.54, 1.807) is 18.3 Å². The van der Waals surface area contributed by atoms with Gasteiger partial charge >= 0.3 is 5.97 Å². The Morgan fingerprint density at radius 2 is 1.79 bits per heavy atom. The molecule has 1 aromatic carbocycles. The molecule has 2 aromatic heterocycles. The Balaban J connectivity index is 1.42. The van der Waals surface area contributed by atoms with Gasteiger partial charge in [-0.25, -0.2) is 4.79 Å². The standard InChI is InChI=1S/C21H21N5O3/c27-17-11-16(12-22-13-17)18-4-2-1-3-15(18)14-25-7-9-26(10-8-25)20-6-5-19(21(28)29)23-24-20/h1-6,11-13,27H,7-10,14H2,(H,28,29). The molecule has 1 saturated heterocycles. The molecule has 0 atom stereocenters. The fraction of sp³-hybridized carbons (Fsp3) is 0.238. The molecule has 0 spiro atoms. The summed E-state index contributed by atoms with van der Waals surface area (Å²) in [6.07, 6.45) is 3.19. The third-order valence-electron chi connectivity index (χ3n) is 5.01. The van der Waals surface area contributed by atoms with Crippen molar-refractivity contribution in [3.05, 3.63) is 66.1 Å². The Hall–Kier alpha value is -3.52. The second-order valence-corrected chi connectivity index (χ2v) is 6.93. The van der Waals surface area contributed by atoms with Gasteiger partial charge in [0.25, 0.3) is 0 Å².